The van der Waals surface area contributed by atoms with Gasteiger partial charge in [-0.05, 0) is 38.1 Å². The van der Waals surface area contributed by atoms with Crippen LogP contribution in [0.1, 0.15) is 13.8 Å². The molecule has 0 saturated carbocycles. The van der Waals surface area contributed by atoms with Crippen LogP contribution in [-0.4, -0.2) is 60.4 Å². The molecule has 7 heteroatoms. The van der Waals surface area contributed by atoms with E-state index < -0.39 is 0 Å². The van der Waals surface area contributed by atoms with Gasteiger partial charge in [0.2, 0.25) is 0 Å². The van der Waals surface area contributed by atoms with E-state index in [1.165, 1.54) is 12.1 Å². The Morgan fingerprint density at radius 1 is 1.14 bits per heavy atom. The summed E-state index contributed by atoms with van der Waals surface area (Å²) in [6, 6.07) is 6.39. The zero-order valence-electron chi connectivity index (χ0n) is 16.5. The van der Waals surface area contributed by atoms with Gasteiger partial charge in [-0.3, -0.25) is 14.9 Å². The third-order valence-corrected chi connectivity index (χ3v) is 4.80. The molecule has 2 N–H and O–H groups in total. The summed E-state index contributed by atoms with van der Waals surface area (Å²) in [4.78, 5) is 18.0. The smallest absolute Gasteiger partial charge is 0.155 e. The van der Waals surface area contributed by atoms with Crippen LogP contribution in [0.3, 0.4) is 0 Å². The molecule has 1 fully saturated rings. The van der Waals surface area contributed by atoms with Crippen molar-refractivity contribution in [2.75, 3.05) is 44.2 Å². The fourth-order valence-corrected chi connectivity index (χ4v) is 3.20. The van der Waals surface area contributed by atoms with Crippen molar-refractivity contribution in [2.24, 2.45) is 10.7 Å². The molecule has 3 rings (SSSR count). The minimum Gasteiger partial charge on any atom is -0.402 e. The van der Waals surface area contributed by atoms with Crippen molar-refractivity contribution in [1.29, 1.82) is 0 Å². The van der Waals surface area contributed by atoms with Crippen molar-refractivity contribution < 1.29 is 4.39 Å². The lowest BCUT2D eigenvalue weighted by atomic mass is 10.1. The number of allylic oxidation sites excluding steroid dienone is 1. The van der Waals surface area contributed by atoms with Crippen LogP contribution in [0.25, 0.3) is 11.3 Å². The second-order valence-corrected chi connectivity index (χ2v) is 6.83. The van der Waals surface area contributed by atoms with Gasteiger partial charge in [0, 0.05) is 74.7 Å². The van der Waals surface area contributed by atoms with Gasteiger partial charge in [0.1, 0.15) is 11.5 Å². The first-order valence-corrected chi connectivity index (χ1v) is 9.57. The second kappa shape index (κ2) is 9.41. The molecule has 2 aromatic rings. The maximum Gasteiger partial charge on any atom is 0.155 e. The highest BCUT2D eigenvalue weighted by Crippen LogP contribution is 2.27. The van der Waals surface area contributed by atoms with Gasteiger partial charge in [0.15, 0.2) is 5.82 Å². The van der Waals surface area contributed by atoms with Crippen molar-refractivity contribution in [3.63, 3.8) is 0 Å². The number of nitrogens with zero attached hydrogens (tertiary/aromatic N) is 5. The third kappa shape index (κ3) is 4.92. The molecule has 0 atom stereocenters. The number of benzene rings is 1. The van der Waals surface area contributed by atoms with Gasteiger partial charge in [-0.25, -0.2) is 9.37 Å². The highest BCUT2D eigenvalue weighted by molar-refractivity contribution is 5.80. The number of piperazine rings is 1. The Bertz CT molecular complexity index is 834. The van der Waals surface area contributed by atoms with Gasteiger partial charge in [-0.2, -0.15) is 0 Å². The summed E-state index contributed by atoms with van der Waals surface area (Å²) < 4.78 is 13.3. The number of rotatable bonds is 6. The molecule has 28 heavy (non-hydrogen) atoms. The summed E-state index contributed by atoms with van der Waals surface area (Å²) >= 11 is 0. The van der Waals surface area contributed by atoms with Gasteiger partial charge < -0.3 is 10.6 Å². The van der Waals surface area contributed by atoms with Crippen LogP contribution in [0.4, 0.5) is 10.2 Å². The summed E-state index contributed by atoms with van der Waals surface area (Å²) in [5.41, 5.74) is 9.55. The van der Waals surface area contributed by atoms with Crippen LogP contribution < -0.4 is 10.6 Å². The summed E-state index contributed by atoms with van der Waals surface area (Å²) in [7, 11) is 0. The maximum atomic E-state index is 13.3. The SMILES string of the molecule is CCN=C/C(CN1CCN(c2nccnc2-c2ccc(F)cc2)CC1)=C(/C)N. The average Bonchev–Trinajstić information content (AvgIpc) is 2.72. The van der Waals surface area contributed by atoms with E-state index in [4.69, 9.17) is 5.73 Å². The molecule has 0 spiro atoms. The first kappa shape index (κ1) is 19.9. The zero-order chi connectivity index (χ0) is 19.9. The van der Waals surface area contributed by atoms with E-state index in [1.54, 1.807) is 24.5 Å². The highest BCUT2D eigenvalue weighted by Gasteiger charge is 2.22. The Hall–Kier alpha value is -2.80. The lowest BCUT2D eigenvalue weighted by Crippen LogP contribution is -2.47. The largest absolute Gasteiger partial charge is 0.402 e. The monoisotopic (exact) mass is 382 g/mol. The molecule has 0 radical (unpaired) electrons. The molecule has 0 bridgehead atoms. The topological polar surface area (TPSA) is 70.6 Å². The molecule has 2 heterocycles. The number of hydrogen-bond donors (Lipinski definition) is 1. The van der Waals surface area contributed by atoms with E-state index in [0.717, 1.165) is 67.6 Å². The molecule has 148 valence electrons. The predicted molar refractivity (Wildman–Crippen MR) is 112 cm³/mol. The van der Waals surface area contributed by atoms with E-state index in [-0.39, 0.29) is 5.82 Å². The van der Waals surface area contributed by atoms with Crippen LogP contribution in [0.2, 0.25) is 0 Å². The number of nitrogens with two attached hydrogens (primary N) is 1. The van der Waals surface area contributed by atoms with Gasteiger partial charge >= 0.3 is 0 Å². The summed E-state index contributed by atoms with van der Waals surface area (Å²) in [5.74, 6) is 0.584. The number of halogens is 1. The lowest BCUT2D eigenvalue weighted by Gasteiger charge is -2.36. The predicted octanol–water partition coefficient (Wildman–Crippen LogP) is 2.73. The van der Waals surface area contributed by atoms with E-state index in [0.29, 0.717) is 0 Å². The van der Waals surface area contributed by atoms with E-state index >= 15 is 0 Å². The normalized spacial score (nSPS) is 16.5. The van der Waals surface area contributed by atoms with Gasteiger partial charge in [-0.15, -0.1) is 0 Å². The Morgan fingerprint density at radius 2 is 1.82 bits per heavy atom. The Balaban J connectivity index is 1.70. The highest BCUT2D eigenvalue weighted by atomic mass is 19.1. The second-order valence-electron chi connectivity index (χ2n) is 6.83. The van der Waals surface area contributed by atoms with Crippen molar-refractivity contribution in [1.82, 2.24) is 14.9 Å². The summed E-state index contributed by atoms with van der Waals surface area (Å²) in [6.07, 6.45) is 5.26. The van der Waals surface area contributed by atoms with Crippen LogP contribution in [0.15, 0.2) is 52.9 Å². The molecule has 1 saturated heterocycles. The molecule has 0 aliphatic carbocycles. The first-order chi connectivity index (χ1) is 13.6. The maximum absolute atomic E-state index is 13.3. The molecule has 0 amide bonds. The number of hydrogen-bond acceptors (Lipinski definition) is 6. The molecule has 6 nitrogen and oxygen atoms in total. The molecule has 0 unspecified atom stereocenters. The van der Waals surface area contributed by atoms with Crippen molar-refractivity contribution >= 4 is 12.0 Å². The average molecular weight is 382 g/mol. The first-order valence-electron chi connectivity index (χ1n) is 9.57. The van der Waals surface area contributed by atoms with Gasteiger partial charge in [-0.1, -0.05) is 0 Å². The quantitative estimate of drug-likeness (QED) is 0.778. The number of anilines is 1. The molecular weight excluding hydrogens is 355 g/mol. The van der Waals surface area contributed by atoms with Crippen LogP contribution in [0.5, 0.6) is 0 Å². The van der Waals surface area contributed by atoms with Crippen molar-refractivity contribution in [2.45, 2.75) is 13.8 Å². The summed E-state index contributed by atoms with van der Waals surface area (Å²) in [5, 5.41) is 0. The molecule has 1 aromatic heterocycles. The zero-order valence-corrected chi connectivity index (χ0v) is 16.5. The van der Waals surface area contributed by atoms with E-state index in [2.05, 4.69) is 24.8 Å². The molecule has 1 aromatic carbocycles. The van der Waals surface area contributed by atoms with Crippen LogP contribution in [0, 0.1) is 5.82 Å². The number of aliphatic imine (C=N–C) groups is 1. The Kier molecular flexibility index (Phi) is 6.71. The van der Waals surface area contributed by atoms with E-state index in [1.807, 2.05) is 20.1 Å². The van der Waals surface area contributed by atoms with Gasteiger partial charge in [0.05, 0.1) is 0 Å². The van der Waals surface area contributed by atoms with Crippen LogP contribution in [-0.2, 0) is 0 Å². The van der Waals surface area contributed by atoms with Crippen molar-refractivity contribution in [3.05, 3.63) is 53.7 Å². The van der Waals surface area contributed by atoms with Gasteiger partial charge in [0.25, 0.3) is 0 Å². The minimum atomic E-state index is -0.256. The Labute approximate surface area is 165 Å². The van der Waals surface area contributed by atoms with Crippen molar-refractivity contribution in [3.8, 4) is 11.3 Å². The fraction of sp³-hybridized carbons (Fsp3) is 0.381. The lowest BCUT2D eigenvalue weighted by molar-refractivity contribution is 0.280. The molecular formula is C21H27FN6. The molecule has 1 aliphatic rings. The number of aromatic nitrogens is 2. The third-order valence-electron chi connectivity index (χ3n) is 4.80. The minimum absolute atomic E-state index is 0.256. The summed E-state index contributed by atoms with van der Waals surface area (Å²) in [6.45, 7) is 8.96. The van der Waals surface area contributed by atoms with E-state index in [9.17, 15) is 4.39 Å². The Morgan fingerprint density at radius 3 is 2.46 bits per heavy atom. The van der Waals surface area contributed by atoms with Crippen LogP contribution >= 0.6 is 0 Å². The molecule has 1 aliphatic heterocycles. The fourth-order valence-electron chi connectivity index (χ4n) is 3.20. The standard InChI is InChI=1S/C21H27FN6/c1-3-24-14-18(16(2)23)15-27-10-12-28(13-11-27)21-20(25-8-9-26-21)17-4-6-19(22)7-5-17/h4-9,14H,3,10-13,15,23H2,1-2H3/b18-16+,24-14?.